The Morgan fingerprint density at radius 2 is 2.03 bits per heavy atom. The molecule has 1 fully saturated rings. The zero-order valence-corrected chi connectivity index (χ0v) is 18.3. The highest BCUT2D eigenvalue weighted by molar-refractivity contribution is 5.94. The van der Waals surface area contributed by atoms with Crippen molar-refractivity contribution in [2.24, 2.45) is 0 Å². The zero-order chi connectivity index (χ0) is 24.4. The number of β-amino-alcohol motifs (C(OH)–C–C–N with tert-alkyl or cyclic N) is 1. The average molecular weight is 484 g/mol. The standard InChI is InChI=1S/C21H29F5N2O5/c1-31-8-7-28(19(30)15-2-4-16(22)5-3-15)12-18-11-27(6-9-33-18)10-17(29)13-32-14-21(25,26)20(23)24/h2-5,17-18,20,29H,6-14H2,1H3/t17-,18-/m1/s1. The van der Waals surface area contributed by atoms with Gasteiger partial charge in [-0.25, -0.2) is 13.2 Å². The van der Waals surface area contributed by atoms with Gasteiger partial charge in [-0.2, -0.15) is 8.78 Å². The van der Waals surface area contributed by atoms with Crippen molar-refractivity contribution < 1.29 is 46.1 Å². The van der Waals surface area contributed by atoms with E-state index >= 15 is 0 Å². The summed E-state index contributed by atoms with van der Waals surface area (Å²) in [6, 6.07) is 5.17. The fourth-order valence-corrected chi connectivity index (χ4v) is 3.30. The van der Waals surface area contributed by atoms with Gasteiger partial charge in [-0.3, -0.25) is 9.69 Å². The first-order valence-electron chi connectivity index (χ1n) is 10.4. The number of halogens is 5. The van der Waals surface area contributed by atoms with Crippen LogP contribution in [0.1, 0.15) is 10.4 Å². The smallest absolute Gasteiger partial charge is 0.330 e. The lowest BCUT2D eigenvalue weighted by atomic mass is 10.1. The Morgan fingerprint density at radius 3 is 2.67 bits per heavy atom. The Morgan fingerprint density at radius 1 is 1.33 bits per heavy atom. The van der Waals surface area contributed by atoms with E-state index in [1.54, 1.807) is 0 Å². The van der Waals surface area contributed by atoms with E-state index in [0.29, 0.717) is 25.3 Å². The topological polar surface area (TPSA) is 71.5 Å². The molecule has 1 aliphatic heterocycles. The number of morpholine rings is 1. The molecular formula is C21H29F5N2O5. The van der Waals surface area contributed by atoms with Crippen LogP contribution in [0.4, 0.5) is 22.0 Å². The van der Waals surface area contributed by atoms with Crippen LogP contribution in [0.2, 0.25) is 0 Å². The van der Waals surface area contributed by atoms with Gasteiger partial charge < -0.3 is 24.2 Å². The number of amides is 1. The molecule has 188 valence electrons. The van der Waals surface area contributed by atoms with E-state index in [2.05, 4.69) is 4.74 Å². The molecule has 0 bridgehead atoms. The number of aliphatic hydroxyl groups is 1. The quantitative estimate of drug-likeness (QED) is 0.432. The van der Waals surface area contributed by atoms with Crippen molar-refractivity contribution >= 4 is 5.91 Å². The highest BCUT2D eigenvalue weighted by Crippen LogP contribution is 2.23. The van der Waals surface area contributed by atoms with E-state index in [0.717, 1.165) is 0 Å². The number of alkyl halides is 4. The molecule has 1 heterocycles. The lowest BCUT2D eigenvalue weighted by Gasteiger charge is -2.36. The summed E-state index contributed by atoms with van der Waals surface area (Å²) < 4.78 is 78.6. The van der Waals surface area contributed by atoms with E-state index < -0.39 is 43.6 Å². The number of ether oxygens (including phenoxy) is 3. The number of rotatable bonds is 13. The maximum Gasteiger partial charge on any atom is 0.330 e. The van der Waals surface area contributed by atoms with Gasteiger partial charge in [-0.1, -0.05) is 0 Å². The zero-order valence-electron chi connectivity index (χ0n) is 18.3. The SMILES string of the molecule is COCCN(C[C@H]1CN(C[C@@H](O)COCC(F)(F)C(F)F)CCO1)C(=O)c1ccc(F)cc1. The number of carbonyl (C=O) groups excluding carboxylic acids is 1. The molecule has 0 aliphatic carbocycles. The minimum absolute atomic E-state index is 0.0596. The number of nitrogens with zero attached hydrogens (tertiary/aromatic N) is 2. The summed E-state index contributed by atoms with van der Waals surface area (Å²) in [7, 11) is 1.50. The van der Waals surface area contributed by atoms with Crippen LogP contribution in [0.3, 0.4) is 0 Å². The fourth-order valence-electron chi connectivity index (χ4n) is 3.30. The monoisotopic (exact) mass is 484 g/mol. The molecule has 1 aliphatic rings. The molecule has 0 saturated carbocycles. The van der Waals surface area contributed by atoms with E-state index in [9.17, 15) is 31.9 Å². The Kier molecular flexibility index (Phi) is 10.9. The highest BCUT2D eigenvalue weighted by Gasteiger charge is 2.41. The Labute approximate surface area is 189 Å². The molecule has 1 amide bonds. The van der Waals surface area contributed by atoms with Crippen LogP contribution < -0.4 is 0 Å². The van der Waals surface area contributed by atoms with Crippen LogP contribution in [-0.4, -0.2) is 112 Å². The van der Waals surface area contributed by atoms with Crippen LogP contribution in [-0.2, 0) is 14.2 Å². The highest BCUT2D eigenvalue weighted by atomic mass is 19.3. The first-order valence-corrected chi connectivity index (χ1v) is 10.4. The largest absolute Gasteiger partial charge is 0.389 e. The van der Waals surface area contributed by atoms with E-state index in [1.165, 1.54) is 36.3 Å². The summed E-state index contributed by atoms with van der Waals surface area (Å²) >= 11 is 0. The van der Waals surface area contributed by atoms with Gasteiger partial charge in [-0.05, 0) is 24.3 Å². The van der Waals surface area contributed by atoms with Crippen molar-refractivity contribution in [3.63, 3.8) is 0 Å². The number of carbonyl (C=O) groups is 1. The average Bonchev–Trinajstić information content (AvgIpc) is 2.76. The van der Waals surface area contributed by atoms with Gasteiger partial charge in [0.1, 0.15) is 12.4 Å². The Hall–Kier alpha value is -1.86. The van der Waals surface area contributed by atoms with Crippen LogP contribution >= 0.6 is 0 Å². The van der Waals surface area contributed by atoms with Gasteiger partial charge in [-0.15, -0.1) is 0 Å². The first kappa shape index (κ1) is 27.4. The van der Waals surface area contributed by atoms with Crippen molar-refractivity contribution in [2.45, 2.75) is 24.6 Å². The van der Waals surface area contributed by atoms with Crippen LogP contribution in [0.5, 0.6) is 0 Å². The molecule has 1 saturated heterocycles. The van der Waals surface area contributed by atoms with Gasteiger partial charge in [0.05, 0.1) is 32.0 Å². The second-order valence-electron chi connectivity index (χ2n) is 7.73. The number of hydrogen-bond donors (Lipinski definition) is 1. The second kappa shape index (κ2) is 13.1. The molecule has 0 aromatic heterocycles. The summed E-state index contributed by atoms with van der Waals surface area (Å²) in [6.07, 6.45) is -5.41. The van der Waals surface area contributed by atoms with Gasteiger partial charge >= 0.3 is 12.3 Å². The second-order valence-corrected chi connectivity index (χ2v) is 7.73. The molecule has 1 N–H and O–H groups in total. The van der Waals surface area contributed by atoms with Gasteiger partial charge in [0.15, 0.2) is 0 Å². The number of hydrogen-bond acceptors (Lipinski definition) is 6. The molecule has 1 aromatic carbocycles. The molecular weight excluding hydrogens is 455 g/mol. The van der Waals surface area contributed by atoms with Gasteiger partial charge in [0, 0.05) is 45.4 Å². The maximum absolute atomic E-state index is 13.2. The first-order chi connectivity index (χ1) is 15.6. The molecule has 33 heavy (non-hydrogen) atoms. The fraction of sp³-hybridized carbons (Fsp3) is 0.667. The van der Waals surface area contributed by atoms with Crippen LogP contribution in [0.25, 0.3) is 0 Å². The van der Waals surface area contributed by atoms with E-state index in [4.69, 9.17) is 9.47 Å². The predicted molar refractivity (Wildman–Crippen MR) is 108 cm³/mol. The van der Waals surface area contributed by atoms with Crippen molar-refractivity contribution in [1.29, 1.82) is 0 Å². The lowest BCUT2D eigenvalue weighted by molar-refractivity contribution is -0.171. The van der Waals surface area contributed by atoms with Gasteiger partial charge in [0.2, 0.25) is 0 Å². The van der Waals surface area contributed by atoms with Crippen LogP contribution in [0.15, 0.2) is 24.3 Å². The molecule has 0 unspecified atom stereocenters. The lowest BCUT2D eigenvalue weighted by Crippen LogP contribution is -2.51. The maximum atomic E-state index is 13.2. The number of aliphatic hydroxyl groups excluding tert-OH is 1. The number of methoxy groups -OCH3 is 1. The molecule has 2 rings (SSSR count). The Bertz CT molecular complexity index is 726. The summed E-state index contributed by atoms with van der Waals surface area (Å²) in [5.74, 6) is -5.05. The van der Waals surface area contributed by atoms with E-state index in [-0.39, 0.29) is 32.1 Å². The summed E-state index contributed by atoms with van der Waals surface area (Å²) in [6.45, 7) is -0.0715. The normalized spacial score (nSPS) is 18.5. The Balaban J connectivity index is 1.87. The van der Waals surface area contributed by atoms with E-state index in [1.807, 2.05) is 4.90 Å². The summed E-state index contributed by atoms with van der Waals surface area (Å²) in [5.41, 5.74) is 0.313. The number of benzene rings is 1. The van der Waals surface area contributed by atoms with Crippen molar-refractivity contribution in [2.75, 3.05) is 66.3 Å². The third-order valence-corrected chi connectivity index (χ3v) is 4.98. The molecule has 0 spiro atoms. The minimum atomic E-state index is -4.27. The third kappa shape index (κ3) is 9.13. The van der Waals surface area contributed by atoms with Crippen molar-refractivity contribution in [3.8, 4) is 0 Å². The van der Waals surface area contributed by atoms with Crippen LogP contribution in [0, 0.1) is 5.82 Å². The molecule has 1 aromatic rings. The third-order valence-electron chi connectivity index (χ3n) is 4.98. The molecule has 0 radical (unpaired) electrons. The molecule has 2 atom stereocenters. The van der Waals surface area contributed by atoms with Crippen molar-refractivity contribution in [1.82, 2.24) is 9.80 Å². The summed E-state index contributed by atoms with van der Waals surface area (Å²) in [4.78, 5) is 16.2. The molecule has 12 heteroatoms. The summed E-state index contributed by atoms with van der Waals surface area (Å²) in [5, 5.41) is 10.0. The minimum Gasteiger partial charge on any atom is -0.389 e. The predicted octanol–water partition coefficient (Wildman–Crippen LogP) is 1.89. The van der Waals surface area contributed by atoms with Crippen molar-refractivity contribution in [3.05, 3.63) is 35.6 Å². The van der Waals surface area contributed by atoms with Gasteiger partial charge in [0.25, 0.3) is 5.91 Å². The molecule has 7 nitrogen and oxygen atoms in total.